The Kier molecular flexibility index (Phi) is 4.98. The second-order valence-electron chi connectivity index (χ2n) is 8.09. The van der Waals surface area contributed by atoms with Gasteiger partial charge < -0.3 is 10.2 Å². The van der Waals surface area contributed by atoms with Crippen LogP contribution >= 0.6 is 0 Å². The highest BCUT2D eigenvalue weighted by atomic mass is 16.4. The molecule has 0 amide bonds. The van der Waals surface area contributed by atoms with Gasteiger partial charge in [0.25, 0.3) is 0 Å². The van der Waals surface area contributed by atoms with Gasteiger partial charge in [-0.15, -0.1) is 0 Å². The molecule has 0 spiro atoms. The van der Waals surface area contributed by atoms with Crippen LogP contribution in [0.25, 0.3) is 0 Å². The van der Waals surface area contributed by atoms with Crippen LogP contribution in [0.2, 0.25) is 0 Å². The quantitative estimate of drug-likeness (QED) is 0.808. The summed E-state index contributed by atoms with van der Waals surface area (Å²) in [5, 5.41) is 20.0. The van der Waals surface area contributed by atoms with Crippen LogP contribution in [0.3, 0.4) is 0 Å². The largest absolute Gasteiger partial charge is 0.481 e. The number of rotatable bonds is 4. The molecule has 4 nitrogen and oxygen atoms in total. The van der Waals surface area contributed by atoms with E-state index in [1.165, 1.54) is 12.8 Å². The van der Waals surface area contributed by atoms with E-state index in [0.717, 1.165) is 51.4 Å². The monoisotopic (exact) mass is 322 g/mol. The number of carboxylic acids is 2. The summed E-state index contributed by atoms with van der Waals surface area (Å²) in [7, 11) is 0. The molecule has 130 valence electrons. The van der Waals surface area contributed by atoms with Gasteiger partial charge >= 0.3 is 11.9 Å². The first-order valence-corrected chi connectivity index (χ1v) is 9.53. The fourth-order valence-corrected chi connectivity index (χ4v) is 6.14. The molecule has 3 aliphatic carbocycles. The minimum absolute atomic E-state index is 0.152. The lowest BCUT2D eigenvalue weighted by molar-refractivity contribution is -0.162. The van der Waals surface area contributed by atoms with E-state index in [2.05, 4.69) is 0 Å². The van der Waals surface area contributed by atoms with E-state index in [1.807, 2.05) is 0 Å². The van der Waals surface area contributed by atoms with E-state index in [-0.39, 0.29) is 11.8 Å². The Morgan fingerprint density at radius 2 is 1.35 bits per heavy atom. The molecule has 2 N–H and O–H groups in total. The molecular formula is C19H30O4. The summed E-state index contributed by atoms with van der Waals surface area (Å²) >= 11 is 0. The fourth-order valence-electron chi connectivity index (χ4n) is 6.14. The Hall–Kier alpha value is -1.06. The predicted octanol–water partition coefficient (Wildman–Crippen LogP) is 4.33. The third-order valence-corrected chi connectivity index (χ3v) is 7.10. The summed E-state index contributed by atoms with van der Waals surface area (Å²) in [6, 6.07) is 0. The molecule has 23 heavy (non-hydrogen) atoms. The molecule has 3 atom stereocenters. The van der Waals surface area contributed by atoms with Crippen molar-refractivity contribution in [2.24, 2.45) is 29.1 Å². The van der Waals surface area contributed by atoms with E-state index < -0.39 is 23.3 Å². The third kappa shape index (κ3) is 2.89. The SMILES string of the molecule is O=C(O)C1CCC(C(=O)O)(C2CCCCC2)C1C1CCCCC1. The van der Waals surface area contributed by atoms with E-state index in [1.54, 1.807) is 0 Å². The van der Waals surface area contributed by atoms with Crippen molar-refractivity contribution in [2.45, 2.75) is 77.0 Å². The topological polar surface area (TPSA) is 74.6 Å². The van der Waals surface area contributed by atoms with Crippen molar-refractivity contribution in [2.75, 3.05) is 0 Å². The second kappa shape index (κ2) is 6.82. The summed E-state index contributed by atoms with van der Waals surface area (Å²) in [5.74, 6) is -1.59. The predicted molar refractivity (Wildman–Crippen MR) is 87.1 cm³/mol. The number of carboxylic acid groups (broad SMARTS) is 2. The van der Waals surface area contributed by atoms with Gasteiger partial charge in [-0.25, -0.2) is 0 Å². The zero-order chi connectivity index (χ0) is 16.4. The maximum atomic E-state index is 12.5. The van der Waals surface area contributed by atoms with Crippen molar-refractivity contribution in [3.8, 4) is 0 Å². The zero-order valence-corrected chi connectivity index (χ0v) is 14.0. The molecule has 3 fully saturated rings. The molecule has 0 heterocycles. The lowest BCUT2D eigenvalue weighted by atomic mass is 9.57. The summed E-state index contributed by atoms with van der Waals surface area (Å²) in [5.41, 5.74) is -0.772. The molecule has 0 radical (unpaired) electrons. The van der Waals surface area contributed by atoms with Gasteiger partial charge in [0.1, 0.15) is 0 Å². The number of hydrogen-bond donors (Lipinski definition) is 2. The Morgan fingerprint density at radius 3 is 1.87 bits per heavy atom. The van der Waals surface area contributed by atoms with Crippen LogP contribution in [0.1, 0.15) is 77.0 Å². The summed E-state index contributed by atoms with van der Waals surface area (Å²) < 4.78 is 0. The molecule has 0 saturated heterocycles. The van der Waals surface area contributed by atoms with Crippen LogP contribution in [-0.2, 0) is 9.59 Å². The molecule has 0 aromatic heterocycles. The van der Waals surface area contributed by atoms with Crippen molar-refractivity contribution < 1.29 is 19.8 Å². The van der Waals surface area contributed by atoms with E-state index >= 15 is 0 Å². The standard InChI is InChI=1S/C19H30O4/c20-17(21)15-11-12-19(18(22)23,14-9-5-2-6-10-14)16(15)13-7-3-1-4-8-13/h13-16H,1-12H2,(H,20,21)(H,22,23). The molecular weight excluding hydrogens is 292 g/mol. The van der Waals surface area contributed by atoms with Gasteiger partial charge in [-0.2, -0.15) is 0 Å². The molecule has 3 rings (SSSR count). The summed E-state index contributed by atoms with van der Waals surface area (Å²) in [6.45, 7) is 0. The zero-order valence-electron chi connectivity index (χ0n) is 14.0. The van der Waals surface area contributed by atoms with Crippen molar-refractivity contribution in [1.29, 1.82) is 0 Å². The average molecular weight is 322 g/mol. The van der Waals surface area contributed by atoms with Crippen LogP contribution in [0, 0.1) is 29.1 Å². The lowest BCUT2D eigenvalue weighted by Crippen LogP contribution is -2.48. The Balaban J connectivity index is 1.97. The highest BCUT2D eigenvalue weighted by Gasteiger charge is 2.61. The second-order valence-corrected chi connectivity index (χ2v) is 8.09. The molecule has 0 aromatic carbocycles. The molecule has 3 aliphatic rings. The van der Waals surface area contributed by atoms with Crippen molar-refractivity contribution in [3.05, 3.63) is 0 Å². The van der Waals surface area contributed by atoms with E-state index in [0.29, 0.717) is 18.8 Å². The molecule has 0 aliphatic heterocycles. The van der Waals surface area contributed by atoms with E-state index in [9.17, 15) is 19.8 Å². The van der Waals surface area contributed by atoms with Crippen LogP contribution in [-0.4, -0.2) is 22.2 Å². The highest BCUT2D eigenvalue weighted by molar-refractivity contribution is 5.80. The van der Waals surface area contributed by atoms with Crippen LogP contribution < -0.4 is 0 Å². The van der Waals surface area contributed by atoms with Gasteiger partial charge in [-0.3, -0.25) is 9.59 Å². The smallest absolute Gasteiger partial charge is 0.310 e. The Labute approximate surface area is 138 Å². The van der Waals surface area contributed by atoms with Crippen molar-refractivity contribution >= 4 is 11.9 Å². The van der Waals surface area contributed by atoms with Crippen molar-refractivity contribution in [1.82, 2.24) is 0 Å². The van der Waals surface area contributed by atoms with Crippen LogP contribution in [0.15, 0.2) is 0 Å². The molecule has 3 unspecified atom stereocenters. The molecule has 0 bridgehead atoms. The first-order valence-electron chi connectivity index (χ1n) is 9.53. The van der Waals surface area contributed by atoms with Gasteiger partial charge in [-0.05, 0) is 43.4 Å². The number of carbonyl (C=O) groups is 2. The minimum atomic E-state index is -0.772. The Bertz CT molecular complexity index is 448. The Morgan fingerprint density at radius 1 is 0.783 bits per heavy atom. The lowest BCUT2D eigenvalue weighted by Gasteiger charge is -2.45. The molecule has 4 heteroatoms. The normalized spacial score (nSPS) is 36.9. The van der Waals surface area contributed by atoms with Gasteiger partial charge in [-0.1, -0.05) is 51.4 Å². The molecule has 0 aromatic rings. The van der Waals surface area contributed by atoms with Gasteiger partial charge in [0.05, 0.1) is 11.3 Å². The van der Waals surface area contributed by atoms with Crippen LogP contribution in [0.5, 0.6) is 0 Å². The maximum absolute atomic E-state index is 12.5. The van der Waals surface area contributed by atoms with Gasteiger partial charge in [0.15, 0.2) is 0 Å². The fraction of sp³-hybridized carbons (Fsp3) is 0.895. The maximum Gasteiger partial charge on any atom is 0.310 e. The highest BCUT2D eigenvalue weighted by Crippen LogP contribution is 2.60. The molecule has 3 saturated carbocycles. The number of hydrogen-bond acceptors (Lipinski definition) is 2. The van der Waals surface area contributed by atoms with Gasteiger partial charge in [0.2, 0.25) is 0 Å². The first-order chi connectivity index (χ1) is 11.1. The van der Waals surface area contributed by atoms with Crippen LogP contribution in [0.4, 0.5) is 0 Å². The summed E-state index contributed by atoms with van der Waals surface area (Å²) in [6.07, 6.45) is 12.0. The third-order valence-electron chi connectivity index (χ3n) is 7.10. The summed E-state index contributed by atoms with van der Waals surface area (Å²) in [4.78, 5) is 24.3. The average Bonchev–Trinajstić information content (AvgIpc) is 2.98. The van der Waals surface area contributed by atoms with Gasteiger partial charge in [0, 0.05) is 0 Å². The number of aliphatic carboxylic acids is 2. The van der Waals surface area contributed by atoms with Crippen molar-refractivity contribution in [3.63, 3.8) is 0 Å². The minimum Gasteiger partial charge on any atom is -0.481 e. The first kappa shape index (κ1) is 16.8. The van der Waals surface area contributed by atoms with E-state index in [4.69, 9.17) is 0 Å².